The van der Waals surface area contributed by atoms with Gasteiger partial charge in [0.15, 0.2) is 0 Å². The van der Waals surface area contributed by atoms with Crippen LogP contribution in [0, 0.1) is 0 Å². The Bertz CT molecular complexity index is 689. The number of nitrogens with zero attached hydrogens (tertiary/aromatic N) is 7. The number of rotatable bonds is 3. The molecule has 0 bridgehead atoms. The number of hydrogen-bond acceptors (Lipinski definition) is 6. The van der Waals surface area contributed by atoms with E-state index in [1.165, 1.54) is 10.9 Å². The third kappa shape index (κ3) is 2.25. The first-order chi connectivity index (χ1) is 9.26. The summed E-state index contributed by atoms with van der Waals surface area (Å²) in [7, 11) is 1.73. The van der Waals surface area contributed by atoms with Crippen LogP contribution >= 0.6 is 11.6 Å². The summed E-state index contributed by atoms with van der Waals surface area (Å²) in [5.41, 5.74) is 0. The van der Waals surface area contributed by atoms with Crippen molar-refractivity contribution in [3.8, 4) is 11.9 Å². The maximum atomic E-state index is 5.84. The molecule has 3 rings (SSSR count). The topological polar surface area (TPSA) is 86.3 Å². The monoisotopic (exact) mass is 276 g/mol. The fourth-order valence-corrected chi connectivity index (χ4v) is 1.61. The van der Waals surface area contributed by atoms with Gasteiger partial charge in [-0.05, 0) is 0 Å². The van der Waals surface area contributed by atoms with Gasteiger partial charge in [0.05, 0.1) is 17.4 Å². The number of aromatic nitrogens is 7. The molecule has 0 saturated carbocycles. The molecule has 0 amide bonds. The fourth-order valence-electron chi connectivity index (χ4n) is 1.47. The van der Waals surface area contributed by atoms with Gasteiger partial charge in [-0.15, -0.1) is 0 Å². The Labute approximate surface area is 113 Å². The molecular weight excluding hydrogens is 268 g/mol. The molecular formula is C10H9ClN8. The zero-order chi connectivity index (χ0) is 13.2. The van der Waals surface area contributed by atoms with E-state index in [4.69, 9.17) is 11.6 Å². The average molecular weight is 277 g/mol. The molecule has 19 heavy (non-hydrogen) atoms. The van der Waals surface area contributed by atoms with Crippen LogP contribution in [0.25, 0.3) is 11.9 Å². The van der Waals surface area contributed by atoms with Crippen molar-refractivity contribution in [2.24, 2.45) is 0 Å². The average Bonchev–Trinajstić information content (AvgIpc) is 3.09. The lowest BCUT2D eigenvalue weighted by Crippen LogP contribution is -2.10. The molecule has 0 aliphatic carbocycles. The van der Waals surface area contributed by atoms with Crippen molar-refractivity contribution in [2.75, 3.05) is 12.4 Å². The zero-order valence-corrected chi connectivity index (χ0v) is 10.7. The summed E-state index contributed by atoms with van der Waals surface area (Å²) in [6.45, 7) is 0. The van der Waals surface area contributed by atoms with Crippen LogP contribution in [-0.4, -0.2) is 41.3 Å². The molecule has 0 aliphatic rings. The van der Waals surface area contributed by atoms with Crippen molar-refractivity contribution in [3.05, 3.63) is 36.1 Å². The lowest BCUT2D eigenvalue weighted by molar-refractivity contribution is 0.776. The summed E-state index contributed by atoms with van der Waals surface area (Å²) >= 11 is 5.84. The quantitative estimate of drug-likeness (QED) is 0.766. The molecule has 96 valence electrons. The molecule has 0 unspecified atom stereocenters. The van der Waals surface area contributed by atoms with Gasteiger partial charge in [0, 0.05) is 19.4 Å². The third-order valence-corrected chi connectivity index (χ3v) is 2.52. The van der Waals surface area contributed by atoms with Crippen molar-refractivity contribution >= 4 is 17.5 Å². The van der Waals surface area contributed by atoms with Crippen molar-refractivity contribution in [2.45, 2.75) is 0 Å². The molecule has 0 aliphatic heterocycles. The van der Waals surface area contributed by atoms with Crippen LogP contribution in [0.2, 0.25) is 5.02 Å². The van der Waals surface area contributed by atoms with Crippen LogP contribution in [0.15, 0.2) is 31.1 Å². The SMILES string of the molecule is CNc1nc(-n2ccnc2)nc(-n2cc(Cl)cn2)n1. The third-order valence-electron chi connectivity index (χ3n) is 2.33. The molecule has 3 aromatic heterocycles. The maximum absolute atomic E-state index is 5.84. The van der Waals surface area contributed by atoms with E-state index in [-0.39, 0.29) is 0 Å². The van der Waals surface area contributed by atoms with E-state index < -0.39 is 0 Å². The Hall–Kier alpha value is -2.48. The van der Waals surface area contributed by atoms with E-state index in [0.29, 0.717) is 22.9 Å². The van der Waals surface area contributed by atoms with E-state index in [2.05, 4.69) is 30.4 Å². The molecule has 0 saturated heterocycles. The molecule has 0 spiro atoms. The predicted molar refractivity (Wildman–Crippen MR) is 68.6 cm³/mol. The van der Waals surface area contributed by atoms with Crippen molar-refractivity contribution in [1.29, 1.82) is 0 Å². The van der Waals surface area contributed by atoms with Gasteiger partial charge in [0.25, 0.3) is 5.95 Å². The first-order valence-electron chi connectivity index (χ1n) is 5.39. The highest BCUT2D eigenvalue weighted by molar-refractivity contribution is 6.30. The van der Waals surface area contributed by atoms with Crippen molar-refractivity contribution < 1.29 is 0 Å². The lowest BCUT2D eigenvalue weighted by Gasteiger charge is -2.06. The van der Waals surface area contributed by atoms with Gasteiger partial charge in [0.2, 0.25) is 11.9 Å². The van der Waals surface area contributed by atoms with E-state index in [0.717, 1.165) is 0 Å². The highest BCUT2D eigenvalue weighted by atomic mass is 35.5. The zero-order valence-electron chi connectivity index (χ0n) is 9.90. The summed E-state index contributed by atoms with van der Waals surface area (Å²) in [5, 5.41) is 7.45. The van der Waals surface area contributed by atoms with Gasteiger partial charge in [0.1, 0.15) is 6.33 Å². The second-order valence-electron chi connectivity index (χ2n) is 3.58. The number of halogens is 1. The summed E-state index contributed by atoms with van der Waals surface area (Å²) in [6.07, 6.45) is 8.13. The number of imidazole rings is 1. The van der Waals surface area contributed by atoms with Crippen LogP contribution in [0.4, 0.5) is 5.95 Å². The molecule has 3 aromatic rings. The summed E-state index contributed by atoms with van der Waals surface area (Å²) in [4.78, 5) is 16.7. The van der Waals surface area contributed by atoms with Gasteiger partial charge in [-0.3, -0.25) is 4.57 Å². The first-order valence-corrected chi connectivity index (χ1v) is 5.77. The molecule has 8 nitrogen and oxygen atoms in total. The van der Waals surface area contributed by atoms with Gasteiger partial charge < -0.3 is 5.32 Å². The number of hydrogen-bond donors (Lipinski definition) is 1. The Morgan fingerprint density at radius 1 is 1.21 bits per heavy atom. The standard InChI is InChI=1S/C10H9ClN8/c1-12-8-15-9(18-3-2-13-6-18)17-10(16-8)19-5-7(11)4-14-19/h2-6H,1H3,(H,12,15,16,17). The van der Waals surface area contributed by atoms with Gasteiger partial charge in [-0.2, -0.15) is 20.1 Å². The fraction of sp³-hybridized carbons (Fsp3) is 0.100. The number of anilines is 1. The lowest BCUT2D eigenvalue weighted by atomic mass is 10.7. The van der Waals surface area contributed by atoms with E-state index in [9.17, 15) is 0 Å². The summed E-state index contributed by atoms with van der Waals surface area (Å²) < 4.78 is 3.16. The maximum Gasteiger partial charge on any atom is 0.257 e. The van der Waals surface area contributed by atoms with Crippen LogP contribution in [0.5, 0.6) is 0 Å². The molecule has 3 heterocycles. The van der Waals surface area contributed by atoms with Crippen LogP contribution in [0.3, 0.4) is 0 Å². The second-order valence-corrected chi connectivity index (χ2v) is 4.02. The van der Waals surface area contributed by atoms with E-state index in [1.54, 1.807) is 36.5 Å². The van der Waals surface area contributed by atoms with Crippen LogP contribution < -0.4 is 5.32 Å². The van der Waals surface area contributed by atoms with Crippen LogP contribution in [0.1, 0.15) is 0 Å². The Balaban J connectivity index is 2.12. The van der Waals surface area contributed by atoms with Crippen molar-refractivity contribution in [3.63, 3.8) is 0 Å². The molecule has 0 aromatic carbocycles. The first kappa shape index (κ1) is 11.6. The Morgan fingerprint density at radius 2 is 2.05 bits per heavy atom. The molecule has 0 radical (unpaired) electrons. The molecule has 9 heteroatoms. The minimum absolute atomic E-state index is 0.370. The van der Waals surface area contributed by atoms with Gasteiger partial charge in [-0.25, -0.2) is 9.67 Å². The highest BCUT2D eigenvalue weighted by Gasteiger charge is 2.09. The van der Waals surface area contributed by atoms with Crippen LogP contribution in [-0.2, 0) is 0 Å². The van der Waals surface area contributed by atoms with Gasteiger partial charge in [-0.1, -0.05) is 11.6 Å². The normalized spacial score (nSPS) is 10.6. The predicted octanol–water partition coefficient (Wildman–Crippen LogP) is 0.938. The minimum Gasteiger partial charge on any atom is -0.357 e. The summed E-state index contributed by atoms with van der Waals surface area (Å²) in [6, 6.07) is 0. The second kappa shape index (κ2) is 4.65. The number of nitrogens with one attached hydrogen (secondary N) is 1. The smallest absolute Gasteiger partial charge is 0.257 e. The van der Waals surface area contributed by atoms with Gasteiger partial charge >= 0.3 is 0 Å². The Kier molecular flexibility index (Phi) is 2.84. The van der Waals surface area contributed by atoms with Crippen molar-refractivity contribution in [1.82, 2.24) is 34.3 Å². The Morgan fingerprint density at radius 3 is 2.68 bits per heavy atom. The minimum atomic E-state index is 0.370. The van der Waals surface area contributed by atoms with E-state index >= 15 is 0 Å². The largest absolute Gasteiger partial charge is 0.357 e. The highest BCUT2D eigenvalue weighted by Crippen LogP contribution is 2.11. The molecule has 1 N–H and O–H groups in total. The summed E-state index contributed by atoms with van der Waals surface area (Å²) in [5.74, 6) is 1.24. The van der Waals surface area contributed by atoms with E-state index in [1.807, 2.05) is 0 Å². The molecule has 0 atom stereocenters. The molecule has 0 fully saturated rings.